The maximum absolute atomic E-state index is 12.4. The van der Waals surface area contributed by atoms with Gasteiger partial charge in [-0.15, -0.1) is 10.2 Å². The van der Waals surface area contributed by atoms with Crippen LogP contribution in [0, 0.1) is 18.3 Å². The van der Waals surface area contributed by atoms with E-state index in [1.54, 1.807) is 7.05 Å². The van der Waals surface area contributed by atoms with Crippen LogP contribution in [0.3, 0.4) is 0 Å². The van der Waals surface area contributed by atoms with Crippen molar-refractivity contribution in [2.24, 2.45) is 0 Å². The predicted octanol–water partition coefficient (Wildman–Crippen LogP) is 3.21. The number of amides is 1. The molecule has 0 atom stereocenters. The summed E-state index contributed by atoms with van der Waals surface area (Å²) in [5.41, 5.74) is 1.15. The number of esters is 1. The van der Waals surface area contributed by atoms with Crippen LogP contribution in [0.25, 0.3) is 11.5 Å². The van der Waals surface area contributed by atoms with Crippen LogP contribution in [0.2, 0.25) is 0 Å². The normalized spacial score (nSPS) is 15.2. The molecule has 1 amide bonds. The van der Waals surface area contributed by atoms with E-state index in [2.05, 4.69) is 16.3 Å². The molecular weight excluding hydrogens is 384 g/mol. The molecule has 1 aliphatic carbocycles. The fraction of sp³-hybridized carbons (Fsp3) is 0.500. The second-order valence-corrected chi connectivity index (χ2v) is 7.68. The fourth-order valence-electron chi connectivity index (χ4n) is 3.59. The van der Waals surface area contributed by atoms with Crippen LogP contribution in [0.5, 0.6) is 0 Å². The fourth-order valence-corrected chi connectivity index (χ4v) is 3.59. The van der Waals surface area contributed by atoms with Gasteiger partial charge < -0.3 is 14.1 Å². The Labute approximate surface area is 175 Å². The molecule has 0 radical (unpaired) electrons. The van der Waals surface area contributed by atoms with Crippen molar-refractivity contribution in [2.45, 2.75) is 57.4 Å². The van der Waals surface area contributed by atoms with Gasteiger partial charge >= 0.3 is 5.97 Å². The highest BCUT2D eigenvalue weighted by Gasteiger charge is 2.38. The molecule has 0 aliphatic heterocycles. The van der Waals surface area contributed by atoms with Gasteiger partial charge in [0.05, 0.1) is 12.5 Å². The first kappa shape index (κ1) is 21.5. The number of hydrogen-bond donors (Lipinski definition) is 0. The number of carbonyl (C=O) groups excluding carboxylic acids is 2. The molecule has 8 nitrogen and oxygen atoms in total. The lowest BCUT2D eigenvalue weighted by Crippen LogP contribution is -2.51. The summed E-state index contributed by atoms with van der Waals surface area (Å²) in [4.78, 5) is 25.9. The summed E-state index contributed by atoms with van der Waals surface area (Å²) in [5.74, 6) is -0.172. The number of carbonyl (C=O) groups is 2. The van der Waals surface area contributed by atoms with Crippen molar-refractivity contribution < 1.29 is 18.7 Å². The van der Waals surface area contributed by atoms with Crippen molar-refractivity contribution in [1.29, 1.82) is 5.26 Å². The zero-order valence-corrected chi connectivity index (χ0v) is 17.4. The molecule has 1 aromatic heterocycles. The summed E-state index contributed by atoms with van der Waals surface area (Å²) in [6, 6.07) is 9.98. The molecular formula is C22H26N4O4. The van der Waals surface area contributed by atoms with Gasteiger partial charge in [0.2, 0.25) is 11.8 Å². The Morgan fingerprint density at radius 3 is 2.57 bits per heavy atom. The average Bonchev–Trinajstić information content (AvgIpc) is 3.25. The van der Waals surface area contributed by atoms with Crippen LogP contribution in [0.15, 0.2) is 28.7 Å². The van der Waals surface area contributed by atoms with Gasteiger partial charge in [0.1, 0.15) is 5.54 Å². The molecule has 158 valence electrons. The van der Waals surface area contributed by atoms with E-state index >= 15 is 0 Å². The van der Waals surface area contributed by atoms with E-state index in [4.69, 9.17) is 9.15 Å². The Bertz CT molecular complexity index is 923. The van der Waals surface area contributed by atoms with Crippen molar-refractivity contribution >= 4 is 11.9 Å². The molecule has 0 bridgehead atoms. The summed E-state index contributed by atoms with van der Waals surface area (Å²) in [5, 5.41) is 17.5. The summed E-state index contributed by atoms with van der Waals surface area (Å²) in [6.07, 6.45) is 4.46. The third kappa shape index (κ3) is 5.03. The summed E-state index contributed by atoms with van der Waals surface area (Å²) in [7, 11) is 1.61. The van der Waals surface area contributed by atoms with Crippen molar-refractivity contribution in [3.63, 3.8) is 0 Å². The molecule has 1 saturated carbocycles. The molecule has 0 spiro atoms. The number of likely N-dealkylation sites (N-methyl/N-ethyl adjacent to an activating group) is 1. The third-order valence-electron chi connectivity index (χ3n) is 5.57. The predicted molar refractivity (Wildman–Crippen MR) is 108 cm³/mol. The molecule has 1 heterocycles. The average molecular weight is 410 g/mol. The number of nitriles is 1. The number of benzene rings is 1. The first-order valence-corrected chi connectivity index (χ1v) is 10.2. The third-order valence-corrected chi connectivity index (χ3v) is 5.57. The highest BCUT2D eigenvalue weighted by molar-refractivity contribution is 5.81. The number of hydrogen-bond acceptors (Lipinski definition) is 7. The van der Waals surface area contributed by atoms with E-state index in [-0.39, 0.29) is 25.4 Å². The monoisotopic (exact) mass is 410 g/mol. The molecule has 0 unspecified atom stereocenters. The van der Waals surface area contributed by atoms with Gasteiger partial charge in [-0.3, -0.25) is 9.59 Å². The molecule has 8 heteroatoms. The lowest BCUT2D eigenvalue weighted by molar-refractivity contribution is -0.153. The SMILES string of the molecule is Cc1ccc(-c2nnc(CCC(=O)OCC(=O)N(C)C3(C#N)CCCCC3)o2)cc1. The van der Waals surface area contributed by atoms with Crippen molar-refractivity contribution in [3.8, 4) is 17.5 Å². The van der Waals surface area contributed by atoms with E-state index in [0.29, 0.717) is 24.6 Å². The van der Waals surface area contributed by atoms with Gasteiger partial charge in [0.15, 0.2) is 6.61 Å². The van der Waals surface area contributed by atoms with E-state index in [9.17, 15) is 14.9 Å². The minimum atomic E-state index is -0.794. The number of aromatic nitrogens is 2. The summed E-state index contributed by atoms with van der Waals surface area (Å²) in [6.45, 7) is 1.61. The van der Waals surface area contributed by atoms with Crippen LogP contribution in [0.1, 0.15) is 50.0 Å². The number of ether oxygens (including phenoxy) is 1. The quantitative estimate of drug-likeness (QED) is 0.645. The lowest BCUT2D eigenvalue weighted by Gasteiger charge is -2.38. The van der Waals surface area contributed by atoms with Crippen molar-refractivity contribution in [3.05, 3.63) is 35.7 Å². The minimum absolute atomic E-state index is 0.0237. The highest BCUT2D eigenvalue weighted by Crippen LogP contribution is 2.32. The second-order valence-electron chi connectivity index (χ2n) is 7.68. The standard InChI is InChI=1S/C22H26N4O4/c1-16-6-8-17(9-7-16)21-25-24-18(30-21)10-11-20(28)29-14-19(27)26(2)22(15-23)12-4-3-5-13-22/h6-9H,3-5,10-14H2,1-2H3. The van der Waals surface area contributed by atoms with Gasteiger partial charge in [-0.1, -0.05) is 37.0 Å². The second kappa shape index (κ2) is 9.53. The summed E-state index contributed by atoms with van der Waals surface area (Å²) < 4.78 is 10.7. The van der Waals surface area contributed by atoms with Crippen LogP contribution in [-0.2, 0) is 20.7 Å². The van der Waals surface area contributed by atoms with E-state index < -0.39 is 11.5 Å². The van der Waals surface area contributed by atoms with Crippen molar-refractivity contribution in [1.82, 2.24) is 15.1 Å². The Morgan fingerprint density at radius 1 is 1.20 bits per heavy atom. The lowest BCUT2D eigenvalue weighted by atomic mass is 9.81. The van der Waals surface area contributed by atoms with Crippen molar-refractivity contribution in [2.75, 3.05) is 13.7 Å². The first-order chi connectivity index (χ1) is 14.4. The molecule has 1 fully saturated rings. The van der Waals surface area contributed by atoms with Gasteiger partial charge in [-0.25, -0.2) is 0 Å². The summed E-state index contributed by atoms with van der Waals surface area (Å²) >= 11 is 0. The Kier molecular flexibility index (Phi) is 6.83. The van der Waals surface area contributed by atoms with Gasteiger partial charge in [0, 0.05) is 19.0 Å². The Balaban J connectivity index is 1.46. The molecule has 0 saturated heterocycles. The number of aryl methyl sites for hydroxylation is 2. The smallest absolute Gasteiger partial charge is 0.306 e. The van der Waals surface area contributed by atoms with Crippen LogP contribution < -0.4 is 0 Å². The van der Waals surface area contributed by atoms with Crippen LogP contribution >= 0.6 is 0 Å². The maximum Gasteiger partial charge on any atom is 0.306 e. The maximum atomic E-state index is 12.4. The molecule has 2 aromatic rings. The Morgan fingerprint density at radius 2 is 1.90 bits per heavy atom. The number of rotatable bonds is 7. The topological polar surface area (TPSA) is 109 Å². The zero-order valence-electron chi connectivity index (χ0n) is 17.4. The molecule has 1 aromatic carbocycles. The van der Waals surface area contributed by atoms with Gasteiger partial charge in [-0.05, 0) is 31.9 Å². The first-order valence-electron chi connectivity index (χ1n) is 10.2. The van der Waals surface area contributed by atoms with Gasteiger partial charge in [-0.2, -0.15) is 5.26 Å². The molecule has 3 rings (SSSR count). The minimum Gasteiger partial charge on any atom is -0.456 e. The number of nitrogens with zero attached hydrogens (tertiary/aromatic N) is 4. The van der Waals surface area contributed by atoms with E-state index in [1.165, 1.54) is 4.90 Å². The van der Waals surface area contributed by atoms with Crippen LogP contribution in [-0.4, -0.2) is 46.2 Å². The highest BCUT2D eigenvalue weighted by atomic mass is 16.5. The molecule has 0 N–H and O–H groups in total. The molecule has 30 heavy (non-hydrogen) atoms. The van der Waals surface area contributed by atoms with Crippen LogP contribution in [0.4, 0.5) is 0 Å². The molecule has 1 aliphatic rings. The Hall–Kier alpha value is -3.21. The van der Waals surface area contributed by atoms with E-state index in [0.717, 1.165) is 30.4 Å². The van der Waals surface area contributed by atoms with E-state index in [1.807, 2.05) is 31.2 Å². The van der Waals surface area contributed by atoms with Gasteiger partial charge in [0.25, 0.3) is 5.91 Å². The zero-order chi connectivity index (χ0) is 21.6. The largest absolute Gasteiger partial charge is 0.456 e.